The minimum Gasteiger partial charge on any atom is -0.372 e. The fourth-order valence-electron chi connectivity index (χ4n) is 2.36. The van der Waals surface area contributed by atoms with E-state index in [1.807, 2.05) is 12.1 Å². The van der Waals surface area contributed by atoms with Crippen LogP contribution in [-0.4, -0.2) is 18.1 Å². The Hall–Kier alpha value is -1.74. The van der Waals surface area contributed by atoms with Gasteiger partial charge in [0.2, 0.25) is 0 Å². The SMILES string of the molecule is Clc1cccc(Nc2ccc(N3CCCC3)cc2)n1. The maximum absolute atomic E-state index is 5.86. The lowest BCUT2D eigenvalue weighted by atomic mass is 10.2. The lowest BCUT2D eigenvalue weighted by Crippen LogP contribution is -2.17. The molecule has 0 bridgehead atoms. The number of pyridine rings is 1. The lowest BCUT2D eigenvalue weighted by Gasteiger charge is -2.17. The lowest BCUT2D eigenvalue weighted by molar-refractivity contribution is 0.949. The van der Waals surface area contributed by atoms with Gasteiger partial charge < -0.3 is 10.2 Å². The molecule has 1 aliphatic rings. The number of nitrogens with zero attached hydrogens (tertiary/aromatic N) is 2. The van der Waals surface area contributed by atoms with Crippen LogP contribution >= 0.6 is 11.6 Å². The molecule has 1 N–H and O–H groups in total. The minimum absolute atomic E-state index is 0.499. The number of rotatable bonds is 3. The van der Waals surface area contributed by atoms with E-state index in [4.69, 9.17) is 11.6 Å². The standard InChI is InChI=1S/C15H16ClN3/c16-14-4-3-5-15(18-14)17-12-6-8-13(9-7-12)19-10-1-2-11-19/h3-9H,1-2,10-11H2,(H,17,18). The van der Waals surface area contributed by atoms with E-state index in [1.165, 1.54) is 31.6 Å². The van der Waals surface area contributed by atoms with E-state index < -0.39 is 0 Å². The summed E-state index contributed by atoms with van der Waals surface area (Å²) in [7, 11) is 0. The molecule has 1 saturated heterocycles. The summed E-state index contributed by atoms with van der Waals surface area (Å²) in [5.41, 5.74) is 2.32. The summed E-state index contributed by atoms with van der Waals surface area (Å²) in [6.45, 7) is 2.34. The quantitative estimate of drug-likeness (QED) is 0.854. The van der Waals surface area contributed by atoms with Crippen LogP contribution < -0.4 is 10.2 Å². The Balaban J connectivity index is 1.72. The Morgan fingerprint density at radius 2 is 1.74 bits per heavy atom. The average molecular weight is 274 g/mol. The fourth-order valence-corrected chi connectivity index (χ4v) is 2.52. The highest BCUT2D eigenvalue weighted by Crippen LogP contribution is 2.23. The Labute approximate surface area is 118 Å². The Morgan fingerprint density at radius 3 is 2.42 bits per heavy atom. The first kappa shape index (κ1) is 12.3. The fraction of sp³-hybridized carbons (Fsp3) is 0.267. The second kappa shape index (κ2) is 5.49. The van der Waals surface area contributed by atoms with Crippen molar-refractivity contribution >= 4 is 28.8 Å². The first-order valence-corrected chi connectivity index (χ1v) is 6.94. The maximum Gasteiger partial charge on any atom is 0.132 e. The molecular weight excluding hydrogens is 258 g/mol. The third kappa shape index (κ3) is 2.99. The molecule has 0 atom stereocenters. The molecule has 1 aromatic heterocycles. The molecule has 3 rings (SSSR count). The summed E-state index contributed by atoms with van der Waals surface area (Å²) >= 11 is 5.86. The highest BCUT2D eigenvalue weighted by molar-refractivity contribution is 6.29. The summed E-state index contributed by atoms with van der Waals surface area (Å²) < 4.78 is 0. The van der Waals surface area contributed by atoms with Gasteiger partial charge >= 0.3 is 0 Å². The van der Waals surface area contributed by atoms with E-state index in [-0.39, 0.29) is 0 Å². The number of hydrogen-bond donors (Lipinski definition) is 1. The molecule has 1 aromatic carbocycles. The molecule has 0 aliphatic carbocycles. The number of aromatic nitrogens is 1. The molecular formula is C15H16ClN3. The molecule has 0 amide bonds. The van der Waals surface area contributed by atoms with Crippen LogP contribution in [0.5, 0.6) is 0 Å². The van der Waals surface area contributed by atoms with Gasteiger partial charge in [-0.05, 0) is 49.2 Å². The molecule has 1 aliphatic heterocycles. The second-order valence-corrected chi connectivity index (χ2v) is 5.10. The van der Waals surface area contributed by atoms with Crippen molar-refractivity contribution in [3.63, 3.8) is 0 Å². The number of hydrogen-bond acceptors (Lipinski definition) is 3. The van der Waals surface area contributed by atoms with Crippen molar-refractivity contribution in [2.24, 2.45) is 0 Å². The van der Waals surface area contributed by atoms with Crippen LogP contribution in [0.25, 0.3) is 0 Å². The zero-order valence-corrected chi connectivity index (χ0v) is 11.4. The highest BCUT2D eigenvalue weighted by atomic mass is 35.5. The van der Waals surface area contributed by atoms with Crippen molar-refractivity contribution in [2.75, 3.05) is 23.3 Å². The van der Waals surface area contributed by atoms with Crippen LogP contribution in [0.1, 0.15) is 12.8 Å². The van der Waals surface area contributed by atoms with E-state index in [2.05, 4.69) is 39.5 Å². The van der Waals surface area contributed by atoms with Crippen molar-refractivity contribution in [1.29, 1.82) is 0 Å². The minimum atomic E-state index is 0.499. The summed E-state index contributed by atoms with van der Waals surface area (Å²) in [5.74, 6) is 0.765. The van der Waals surface area contributed by atoms with Crippen molar-refractivity contribution in [1.82, 2.24) is 4.98 Å². The van der Waals surface area contributed by atoms with Crippen molar-refractivity contribution in [2.45, 2.75) is 12.8 Å². The zero-order chi connectivity index (χ0) is 13.1. The molecule has 2 heterocycles. The molecule has 4 heteroatoms. The molecule has 0 spiro atoms. The van der Waals surface area contributed by atoms with Crippen LogP contribution in [0.3, 0.4) is 0 Å². The van der Waals surface area contributed by atoms with E-state index in [1.54, 1.807) is 6.07 Å². The van der Waals surface area contributed by atoms with Gasteiger partial charge in [-0.3, -0.25) is 0 Å². The summed E-state index contributed by atoms with van der Waals surface area (Å²) in [5, 5.41) is 3.75. The summed E-state index contributed by atoms with van der Waals surface area (Å²) in [4.78, 5) is 6.63. The van der Waals surface area contributed by atoms with E-state index in [9.17, 15) is 0 Å². The normalized spacial score (nSPS) is 14.7. The van der Waals surface area contributed by atoms with Crippen molar-refractivity contribution < 1.29 is 0 Å². The highest BCUT2D eigenvalue weighted by Gasteiger charge is 2.11. The van der Waals surface area contributed by atoms with E-state index >= 15 is 0 Å². The van der Waals surface area contributed by atoms with Crippen LogP contribution in [0.2, 0.25) is 5.15 Å². The Morgan fingerprint density at radius 1 is 1.00 bits per heavy atom. The van der Waals surface area contributed by atoms with Gasteiger partial charge in [0.15, 0.2) is 0 Å². The third-order valence-electron chi connectivity index (χ3n) is 3.33. The largest absolute Gasteiger partial charge is 0.372 e. The van der Waals surface area contributed by atoms with E-state index in [0.717, 1.165) is 11.5 Å². The van der Waals surface area contributed by atoms with Crippen molar-refractivity contribution in [3.05, 3.63) is 47.6 Å². The first-order chi connectivity index (χ1) is 9.31. The van der Waals surface area contributed by atoms with Gasteiger partial charge in [-0.25, -0.2) is 4.98 Å². The second-order valence-electron chi connectivity index (χ2n) is 4.71. The van der Waals surface area contributed by atoms with Gasteiger partial charge in [0.25, 0.3) is 0 Å². The average Bonchev–Trinajstić information content (AvgIpc) is 2.94. The molecule has 0 radical (unpaired) electrons. The van der Waals surface area contributed by atoms with Gasteiger partial charge in [0.1, 0.15) is 11.0 Å². The van der Waals surface area contributed by atoms with Crippen LogP contribution in [0.4, 0.5) is 17.2 Å². The number of nitrogens with one attached hydrogen (secondary N) is 1. The molecule has 0 unspecified atom stereocenters. The topological polar surface area (TPSA) is 28.2 Å². The number of halogens is 1. The van der Waals surface area contributed by atoms with Gasteiger partial charge in [0.05, 0.1) is 0 Å². The van der Waals surface area contributed by atoms with E-state index in [0.29, 0.717) is 5.15 Å². The Bertz CT molecular complexity index is 548. The monoisotopic (exact) mass is 273 g/mol. The predicted molar refractivity (Wildman–Crippen MR) is 80.4 cm³/mol. The van der Waals surface area contributed by atoms with Gasteiger partial charge in [0, 0.05) is 24.5 Å². The van der Waals surface area contributed by atoms with Crippen LogP contribution in [0, 0.1) is 0 Å². The zero-order valence-electron chi connectivity index (χ0n) is 10.6. The number of benzene rings is 1. The Kier molecular flexibility index (Phi) is 3.56. The maximum atomic E-state index is 5.86. The van der Waals surface area contributed by atoms with Crippen LogP contribution in [0.15, 0.2) is 42.5 Å². The predicted octanol–water partition coefficient (Wildman–Crippen LogP) is 4.08. The van der Waals surface area contributed by atoms with Gasteiger partial charge in [-0.1, -0.05) is 17.7 Å². The van der Waals surface area contributed by atoms with Crippen LogP contribution in [-0.2, 0) is 0 Å². The molecule has 19 heavy (non-hydrogen) atoms. The smallest absolute Gasteiger partial charge is 0.132 e. The molecule has 98 valence electrons. The molecule has 0 saturated carbocycles. The molecule has 3 nitrogen and oxygen atoms in total. The van der Waals surface area contributed by atoms with Gasteiger partial charge in [-0.2, -0.15) is 0 Å². The molecule has 1 fully saturated rings. The summed E-state index contributed by atoms with van der Waals surface area (Å²) in [6, 6.07) is 14.0. The third-order valence-corrected chi connectivity index (χ3v) is 3.54. The van der Waals surface area contributed by atoms with Gasteiger partial charge in [-0.15, -0.1) is 0 Å². The summed E-state index contributed by atoms with van der Waals surface area (Å²) in [6.07, 6.45) is 2.60. The molecule has 2 aromatic rings. The van der Waals surface area contributed by atoms with Crippen molar-refractivity contribution in [3.8, 4) is 0 Å². The first-order valence-electron chi connectivity index (χ1n) is 6.56. The number of anilines is 3.